The molecule has 0 saturated heterocycles. The standard InChI is InChI=1S/C14H15BrN2O/c1-17(12-7-3-4-8-13(12)18-2)14-11(10-15)6-5-9-16-14/h3-9H,10H2,1-2H3. The van der Waals surface area contributed by atoms with E-state index in [9.17, 15) is 0 Å². The van der Waals surface area contributed by atoms with Crippen LogP contribution in [0.25, 0.3) is 0 Å². The number of nitrogens with zero attached hydrogens (tertiary/aromatic N) is 2. The highest BCUT2D eigenvalue weighted by Crippen LogP contribution is 2.33. The van der Waals surface area contributed by atoms with E-state index in [0.29, 0.717) is 0 Å². The van der Waals surface area contributed by atoms with Crippen LogP contribution < -0.4 is 9.64 Å². The summed E-state index contributed by atoms with van der Waals surface area (Å²) in [6.45, 7) is 0. The number of aromatic nitrogens is 1. The molecule has 0 fully saturated rings. The van der Waals surface area contributed by atoms with Crippen LogP contribution in [0.5, 0.6) is 5.75 Å². The van der Waals surface area contributed by atoms with Gasteiger partial charge in [0.15, 0.2) is 0 Å². The Balaban J connectivity index is 2.44. The van der Waals surface area contributed by atoms with Crippen molar-refractivity contribution in [2.24, 2.45) is 0 Å². The molecule has 0 unspecified atom stereocenters. The molecule has 1 aromatic carbocycles. The number of anilines is 2. The third kappa shape index (κ3) is 2.48. The van der Waals surface area contributed by atoms with Gasteiger partial charge < -0.3 is 9.64 Å². The highest BCUT2D eigenvalue weighted by Gasteiger charge is 2.13. The molecule has 18 heavy (non-hydrogen) atoms. The molecule has 0 saturated carbocycles. The van der Waals surface area contributed by atoms with Crippen molar-refractivity contribution >= 4 is 27.4 Å². The smallest absolute Gasteiger partial charge is 0.142 e. The Morgan fingerprint density at radius 2 is 2.00 bits per heavy atom. The summed E-state index contributed by atoms with van der Waals surface area (Å²) in [6.07, 6.45) is 1.80. The summed E-state index contributed by atoms with van der Waals surface area (Å²) in [5.41, 5.74) is 2.15. The Labute approximate surface area is 116 Å². The van der Waals surface area contributed by atoms with E-state index in [4.69, 9.17) is 4.74 Å². The lowest BCUT2D eigenvalue weighted by Crippen LogP contribution is -2.14. The van der Waals surface area contributed by atoms with Gasteiger partial charge in [-0.2, -0.15) is 0 Å². The van der Waals surface area contributed by atoms with E-state index in [2.05, 4.69) is 27.0 Å². The number of rotatable bonds is 4. The van der Waals surface area contributed by atoms with Gasteiger partial charge in [0.05, 0.1) is 12.8 Å². The molecule has 1 heterocycles. The van der Waals surface area contributed by atoms with Crippen molar-refractivity contribution in [3.63, 3.8) is 0 Å². The molecule has 1 aromatic heterocycles. The van der Waals surface area contributed by atoms with Gasteiger partial charge in [-0.05, 0) is 18.2 Å². The summed E-state index contributed by atoms with van der Waals surface area (Å²) in [5.74, 6) is 1.77. The van der Waals surface area contributed by atoms with Gasteiger partial charge in [0.1, 0.15) is 11.6 Å². The molecule has 94 valence electrons. The van der Waals surface area contributed by atoms with E-state index >= 15 is 0 Å². The van der Waals surface area contributed by atoms with E-state index in [1.165, 1.54) is 0 Å². The van der Waals surface area contributed by atoms with Crippen LogP contribution in [-0.2, 0) is 5.33 Å². The molecule has 2 aromatic rings. The van der Waals surface area contributed by atoms with Crippen molar-refractivity contribution < 1.29 is 4.74 Å². The first kappa shape index (κ1) is 12.9. The summed E-state index contributed by atoms with van der Waals surface area (Å²) in [5, 5.41) is 0.773. The summed E-state index contributed by atoms with van der Waals surface area (Å²) in [4.78, 5) is 6.48. The van der Waals surface area contributed by atoms with Gasteiger partial charge in [-0.25, -0.2) is 4.98 Å². The van der Waals surface area contributed by atoms with Crippen molar-refractivity contribution in [3.05, 3.63) is 48.2 Å². The fraction of sp³-hybridized carbons (Fsp3) is 0.214. The molecule has 0 aliphatic rings. The number of para-hydroxylation sites is 2. The first-order chi connectivity index (χ1) is 8.77. The van der Waals surface area contributed by atoms with Crippen LogP contribution in [0.15, 0.2) is 42.6 Å². The Hall–Kier alpha value is -1.55. The van der Waals surface area contributed by atoms with E-state index in [1.54, 1.807) is 13.3 Å². The molecule has 0 bridgehead atoms. The quantitative estimate of drug-likeness (QED) is 0.804. The zero-order valence-corrected chi connectivity index (χ0v) is 12.0. The fourth-order valence-corrected chi connectivity index (χ4v) is 2.30. The van der Waals surface area contributed by atoms with Crippen LogP contribution in [0.4, 0.5) is 11.5 Å². The first-order valence-corrected chi connectivity index (χ1v) is 6.76. The Kier molecular flexibility index (Phi) is 4.20. The van der Waals surface area contributed by atoms with Gasteiger partial charge in [0.2, 0.25) is 0 Å². The molecular formula is C14H15BrN2O. The maximum atomic E-state index is 5.38. The van der Waals surface area contributed by atoms with Crippen LogP contribution in [0, 0.1) is 0 Å². The molecule has 3 nitrogen and oxygen atoms in total. The molecular weight excluding hydrogens is 292 g/mol. The SMILES string of the molecule is COc1ccccc1N(C)c1ncccc1CBr. The lowest BCUT2D eigenvalue weighted by atomic mass is 10.2. The molecule has 0 radical (unpaired) electrons. The highest BCUT2D eigenvalue weighted by atomic mass is 79.9. The fourth-order valence-electron chi connectivity index (χ4n) is 1.86. The number of hydrogen-bond donors (Lipinski definition) is 0. The minimum Gasteiger partial charge on any atom is -0.495 e. The van der Waals surface area contributed by atoms with Crippen LogP contribution in [0.3, 0.4) is 0 Å². The van der Waals surface area contributed by atoms with Crippen LogP contribution in [0.2, 0.25) is 0 Å². The number of benzene rings is 1. The third-order valence-corrected chi connectivity index (χ3v) is 3.38. The number of alkyl halides is 1. The van der Waals surface area contributed by atoms with Crippen molar-refractivity contribution in [1.82, 2.24) is 4.98 Å². The van der Waals surface area contributed by atoms with Gasteiger partial charge in [-0.15, -0.1) is 0 Å². The van der Waals surface area contributed by atoms with E-state index in [1.807, 2.05) is 42.3 Å². The molecule has 0 atom stereocenters. The lowest BCUT2D eigenvalue weighted by Gasteiger charge is -2.22. The monoisotopic (exact) mass is 306 g/mol. The van der Waals surface area contributed by atoms with Crippen molar-refractivity contribution in [3.8, 4) is 5.75 Å². The zero-order chi connectivity index (χ0) is 13.0. The average Bonchev–Trinajstić information content (AvgIpc) is 2.46. The minimum absolute atomic E-state index is 0.773. The summed E-state index contributed by atoms with van der Waals surface area (Å²) in [7, 11) is 3.67. The number of methoxy groups -OCH3 is 1. The second-order valence-corrected chi connectivity index (χ2v) is 4.41. The van der Waals surface area contributed by atoms with Crippen LogP contribution in [-0.4, -0.2) is 19.1 Å². The van der Waals surface area contributed by atoms with Gasteiger partial charge in [-0.1, -0.05) is 34.1 Å². The van der Waals surface area contributed by atoms with Crippen molar-refractivity contribution in [1.29, 1.82) is 0 Å². The number of ether oxygens (including phenoxy) is 1. The van der Waals surface area contributed by atoms with Crippen LogP contribution >= 0.6 is 15.9 Å². The van der Waals surface area contributed by atoms with E-state index in [0.717, 1.165) is 28.1 Å². The first-order valence-electron chi connectivity index (χ1n) is 5.64. The van der Waals surface area contributed by atoms with E-state index in [-0.39, 0.29) is 0 Å². The van der Waals surface area contributed by atoms with Crippen molar-refractivity contribution in [2.45, 2.75) is 5.33 Å². The molecule has 4 heteroatoms. The predicted octanol–water partition coefficient (Wildman–Crippen LogP) is 3.75. The second kappa shape index (κ2) is 5.87. The molecule has 0 aliphatic carbocycles. The van der Waals surface area contributed by atoms with Gasteiger partial charge >= 0.3 is 0 Å². The number of halogens is 1. The van der Waals surface area contributed by atoms with E-state index < -0.39 is 0 Å². The average molecular weight is 307 g/mol. The Bertz CT molecular complexity index is 483. The predicted molar refractivity (Wildman–Crippen MR) is 77.9 cm³/mol. The molecule has 0 amide bonds. The van der Waals surface area contributed by atoms with Gasteiger partial charge in [0, 0.05) is 24.1 Å². The Morgan fingerprint density at radius 1 is 1.22 bits per heavy atom. The maximum Gasteiger partial charge on any atom is 0.142 e. The normalized spacial score (nSPS) is 10.2. The largest absolute Gasteiger partial charge is 0.495 e. The molecule has 0 spiro atoms. The molecule has 0 aliphatic heterocycles. The minimum atomic E-state index is 0.773. The van der Waals surface area contributed by atoms with Gasteiger partial charge in [0.25, 0.3) is 0 Å². The van der Waals surface area contributed by atoms with Gasteiger partial charge in [-0.3, -0.25) is 0 Å². The molecule has 2 rings (SSSR count). The number of hydrogen-bond acceptors (Lipinski definition) is 3. The third-order valence-electron chi connectivity index (χ3n) is 2.78. The highest BCUT2D eigenvalue weighted by molar-refractivity contribution is 9.08. The second-order valence-electron chi connectivity index (χ2n) is 3.85. The summed E-state index contributed by atoms with van der Waals surface area (Å²) >= 11 is 3.49. The van der Waals surface area contributed by atoms with Crippen molar-refractivity contribution in [2.75, 3.05) is 19.1 Å². The number of pyridine rings is 1. The lowest BCUT2D eigenvalue weighted by molar-refractivity contribution is 0.415. The summed E-state index contributed by atoms with van der Waals surface area (Å²) < 4.78 is 5.38. The summed E-state index contributed by atoms with van der Waals surface area (Å²) in [6, 6.07) is 11.9. The van der Waals surface area contributed by atoms with Crippen LogP contribution in [0.1, 0.15) is 5.56 Å². The molecule has 0 N–H and O–H groups in total. The topological polar surface area (TPSA) is 25.4 Å². The zero-order valence-electron chi connectivity index (χ0n) is 10.4. The maximum absolute atomic E-state index is 5.38. The Morgan fingerprint density at radius 3 is 2.72 bits per heavy atom.